The van der Waals surface area contributed by atoms with Crippen LogP contribution < -0.4 is 10.2 Å². The highest BCUT2D eigenvalue weighted by molar-refractivity contribution is 5.94. The number of nitrogens with one attached hydrogen (secondary N) is 1. The molecule has 20 heavy (non-hydrogen) atoms. The standard InChI is InChI=1S/C12H15N3O5/c1-19-11-3-2-9(8-10(11)15(17)18)12(16)13-14-4-6-20-7-5-14/h2-3,8H,4-7H2,1H3,(H,13,16). The predicted molar refractivity (Wildman–Crippen MR) is 69.5 cm³/mol. The number of ether oxygens (including phenoxy) is 2. The number of carbonyl (C=O) groups excluding carboxylic acids is 1. The molecule has 0 aromatic heterocycles. The SMILES string of the molecule is COc1ccc(C(=O)NN2CCOCC2)cc1[N+](=O)[O-]. The number of amides is 1. The van der Waals surface area contributed by atoms with Gasteiger partial charge in [-0.1, -0.05) is 0 Å². The molecule has 1 N–H and O–H groups in total. The molecule has 0 radical (unpaired) electrons. The second kappa shape index (κ2) is 6.31. The van der Waals surface area contributed by atoms with E-state index in [4.69, 9.17) is 9.47 Å². The highest BCUT2D eigenvalue weighted by Gasteiger charge is 2.20. The van der Waals surface area contributed by atoms with Gasteiger partial charge in [-0.2, -0.15) is 0 Å². The van der Waals surface area contributed by atoms with E-state index in [1.807, 2.05) is 0 Å². The van der Waals surface area contributed by atoms with Gasteiger partial charge in [-0.3, -0.25) is 20.3 Å². The summed E-state index contributed by atoms with van der Waals surface area (Å²) in [7, 11) is 1.34. The van der Waals surface area contributed by atoms with Crippen LogP contribution in [0.5, 0.6) is 5.75 Å². The summed E-state index contributed by atoms with van der Waals surface area (Å²) in [5.74, 6) is -0.268. The molecule has 0 bridgehead atoms. The summed E-state index contributed by atoms with van der Waals surface area (Å²) in [6, 6.07) is 4.10. The Morgan fingerprint density at radius 1 is 1.45 bits per heavy atom. The average Bonchev–Trinajstić information content (AvgIpc) is 2.47. The van der Waals surface area contributed by atoms with Crippen molar-refractivity contribution >= 4 is 11.6 Å². The van der Waals surface area contributed by atoms with Crippen molar-refractivity contribution in [2.45, 2.75) is 0 Å². The summed E-state index contributed by atoms with van der Waals surface area (Å²) in [6.07, 6.45) is 0. The molecule has 0 saturated carbocycles. The van der Waals surface area contributed by atoms with Crippen LogP contribution >= 0.6 is 0 Å². The van der Waals surface area contributed by atoms with Gasteiger partial charge >= 0.3 is 5.69 Å². The Labute approximate surface area is 115 Å². The minimum atomic E-state index is -0.579. The Morgan fingerprint density at radius 2 is 2.15 bits per heavy atom. The molecule has 1 aliphatic heterocycles. The lowest BCUT2D eigenvalue weighted by Crippen LogP contribution is -2.48. The monoisotopic (exact) mass is 281 g/mol. The van der Waals surface area contributed by atoms with Gasteiger partial charge in [0, 0.05) is 24.7 Å². The first-order chi connectivity index (χ1) is 9.61. The van der Waals surface area contributed by atoms with Gasteiger partial charge in [0.15, 0.2) is 5.75 Å². The largest absolute Gasteiger partial charge is 0.490 e. The van der Waals surface area contributed by atoms with E-state index in [9.17, 15) is 14.9 Å². The van der Waals surface area contributed by atoms with Crippen molar-refractivity contribution in [3.05, 3.63) is 33.9 Å². The van der Waals surface area contributed by atoms with E-state index < -0.39 is 10.8 Å². The molecule has 1 heterocycles. The fourth-order valence-corrected chi connectivity index (χ4v) is 1.86. The van der Waals surface area contributed by atoms with E-state index in [1.165, 1.54) is 25.3 Å². The number of nitrogens with zero attached hydrogens (tertiary/aromatic N) is 2. The summed E-state index contributed by atoms with van der Waals surface area (Å²) in [5, 5.41) is 12.6. The summed E-state index contributed by atoms with van der Waals surface area (Å²) in [6.45, 7) is 2.26. The van der Waals surface area contributed by atoms with Gasteiger partial charge in [0.25, 0.3) is 5.91 Å². The Balaban J connectivity index is 2.13. The van der Waals surface area contributed by atoms with Gasteiger partial charge in [-0.15, -0.1) is 0 Å². The van der Waals surface area contributed by atoms with Crippen molar-refractivity contribution in [1.82, 2.24) is 10.4 Å². The maximum Gasteiger partial charge on any atom is 0.311 e. The predicted octanol–water partition coefficient (Wildman–Crippen LogP) is 0.580. The minimum absolute atomic E-state index is 0.123. The van der Waals surface area contributed by atoms with E-state index in [0.29, 0.717) is 26.3 Å². The number of hydrogen-bond donors (Lipinski definition) is 1. The lowest BCUT2D eigenvalue weighted by molar-refractivity contribution is -0.385. The summed E-state index contributed by atoms with van der Waals surface area (Å²) >= 11 is 0. The van der Waals surface area contributed by atoms with E-state index in [-0.39, 0.29) is 17.0 Å². The number of carbonyl (C=O) groups is 1. The van der Waals surface area contributed by atoms with Gasteiger partial charge in [-0.05, 0) is 12.1 Å². The number of nitro benzene ring substituents is 1. The maximum absolute atomic E-state index is 12.0. The Kier molecular flexibility index (Phi) is 4.49. The zero-order valence-electron chi connectivity index (χ0n) is 11.0. The molecule has 0 aliphatic carbocycles. The van der Waals surface area contributed by atoms with Crippen LogP contribution in [0.25, 0.3) is 0 Å². The Bertz CT molecular complexity index is 514. The number of benzene rings is 1. The van der Waals surface area contributed by atoms with Crippen LogP contribution in [0, 0.1) is 10.1 Å². The van der Waals surface area contributed by atoms with E-state index in [0.717, 1.165) is 0 Å². The maximum atomic E-state index is 12.0. The van der Waals surface area contributed by atoms with Gasteiger partial charge in [-0.25, -0.2) is 5.01 Å². The molecule has 0 spiro atoms. The summed E-state index contributed by atoms with van der Waals surface area (Å²) in [4.78, 5) is 22.4. The first-order valence-electron chi connectivity index (χ1n) is 6.08. The molecule has 2 rings (SSSR count). The summed E-state index contributed by atoms with van der Waals surface area (Å²) in [5.41, 5.74) is 2.67. The van der Waals surface area contributed by atoms with Crippen LogP contribution in [0.15, 0.2) is 18.2 Å². The van der Waals surface area contributed by atoms with Gasteiger partial charge < -0.3 is 9.47 Å². The molecular formula is C12H15N3O5. The molecule has 1 fully saturated rings. The van der Waals surface area contributed by atoms with Crippen LogP contribution in [-0.2, 0) is 4.74 Å². The van der Waals surface area contributed by atoms with Crippen LogP contribution in [0.2, 0.25) is 0 Å². The molecule has 1 aliphatic rings. The molecule has 1 aromatic rings. The zero-order chi connectivity index (χ0) is 14.5. The second-order valence-corrected chi connectivity index (χ2v) is 4.18. The molecule has 108 valence electrons. The minimum Gasteiger partial charge on any atom is -0.490 e. The average molecular weight is 281 g/mol. The first kappa shape index (κ1) is 14.2. The normalized spacial score (nSPS) is 15.7. The van der Waals surface area contributed by atoms with Crippen LogP contribution in [0.1, 0.15) is 10.4 Å². The topological polar surface area (TPSA) is 93.9 Å². The van der Waals surface area contributed by atoms with E-state index >= 15 is 0 Å². The smallest absolute Gasteiger partial charge is 0.311 e. The van der Waals surface area contributed by atoms with Gasteiger partial charge in [0.05, 0.1) is 25.2 Å². The molecule has 0 atom stereocenters. The van der Waals surface area contributed by atoms with Crippen LogP contribution in [0.3, 0.4) is 0 Å². The fraction of sp³-hybridized carbons (Fsp3) is 0.417. The molecule has 1 aromatic carbocycles. The molecule has 1 saturated heterocycles. The molecule has 8 heteroatoms. The first-order valence-corrected chi connectivity index (χ1v) is 6.08. The molecular weight excluding hydrogens is 266 g/mol. The van der Waals surface area contributed by atoms with Crippen molar-refractivity contribution < 1.29 is 19.2 Å². The van der Waals surface area contributed by atoms with Crippen LogP contribution in [0.4, 0.5) is 5.69 Å². The van der Waals surface area contributed by atoms with Crippen molar-refractivity contribution in [1.29, 1.82) is 0 Å². The highest BCUT2D eigenvalue weighted by Crippen LogP contribution is 2.27. The second-order valence-electron chi connectivity index (χ2n) is 4.18. The Morgan fingerprint density at radius 3 is 2.75 bits per heavy atom. The number of morpholine rings is 1. The fourth-order valence-electron chi connectivity index (χ4n) is 1.86. The number of hydrogen-bond acceptors (Lipinski definition) is 6. The number of rotatable bonds is 4. The quantitative estimate of drug-likeness (QED) is 0.641. The zero-order valence-corrected chi connectivity index (χ0v) is 11.0. The van der Waals surface area contributed by atoms with E-state index in [1.54, 1.807) is 5.01 Å². The summed E-state index contributed by atoms with van der Waals surface area (Å²) < 4.78 is 10.1. The molecule has 1 amide bonds. The number of hydrazine groups is 1. The van der Waals surface area contributed by atoms with Crippen LogP contribution in [-0.4, -0.2) is 49.3 Å². The number of nitro groups is 1. The van der Waals surface area contributed by atoms with Gasteiger partial charge in [0.2, 0.25) is 0 Å². The lowest BCUT2D eigenvalue weighted by atomic mass is 10.2. The van der Waals surface area contributed by atoms with Crippen molar-refractivity contribution in [3.63, 3.8) is 0 Å². The third kappa shape index (κ3) is 3.22. The highest BCUT2D eigenvalue weighted by atomic mass is 16.6. The third-order valence-electron chi connectivity index (χ3n) is 2.91. The number of methoxy groups -OCH3 is 1. The van der Waals surface area contributed by atoms with Gasteiger partial charge in [0.1, 0.15) is 0 Å². The molecule has 8 nitrogen and oxygen atoms in total. The Hall–Kier alpha value is -2.19. The lowest BCUT2D eigenvalue weighted by Gasteiger charge is -2.26. The molecule has 0 unspecified atom stereocenters. The third-order valence-corrected chi connectivity index (χ3v) is 2.91. The van der Waals surface area contributed by atoms with E-state index in [2.05, 4.69) is 5.43 Å². The van der Waals surface area contributed by atoms with Crippen molar-refractivity contribution in [2.24, 2.45) is 0 Å². The van der Waals surface area contributed by atoms with Crippen molar-refractivity contribution in [3.8, 4) is 5.75 Å². The van der Waals surface area contributed by atoms with Crippen molar-refractivity contribution in [2.75, 3.05) is 33.4 Å².